The third-order valence-corrected chi connectivity index (χ3v) is 3.43. The molecule has 0 aliphatic carbocycles. The van der Waals surface area contributed by atoms with E-state index in [1.165, 1.54) is 0 Å². The Morgan fingerprint density at radius 2 is 2.13 bits per heavy atom. The molecule has 0 saturated heterocycles. The van der Waals surface area contributed by atoms with E-state index in [9.17, 15) is 0 Å². The number of nitrogens with zero attached hydrogens (tertiary/aromatic N) is 5. The fourth-order valence-electron chi connectivity index (χ4n) is 1.08. The first-order chi connectivity index (χ1) is 7.16. The van der Waals surface area contributed by atoms with Crippen LogP contribution >= 0.6 is 34.7 Å². The second-order valence-corrected chi connectivity index (χ2v) is 5.10. The van der Waals surface area contributed by atoms with E-state index in [-0.39, 0.29) is 0 Å². The zero-order valence-electron chi connectivity index (χ0n) is 8.14. The molecule has 15 heavy (non-hydrogen) atoms. The van der Waals surface area contributed by atoms with Gasteiger partial charge < -0.3 is 4.90 Å². The zero-order chi connectivity index (χ0) is 10.8. The molecule has 0 fully saturated rings. The van der Waals surface area contributed by atoms with Gasteiger partial charge in [0.05, 0.1) is 18.3 Å². The molecule has 0 amide bonds. The van der Waals surface area contributed by atoms with E-state index in [0.717, 1.165) is 21.7 Å². The number of halogens is 1. The lowest BCUT2D eigenvalue weighted by Gasteiger charge is -2.13. The van der Waals surface area contributed by atoms with Crippen LogP contribution in [0.1, 0.15) is 10.0 Å². The van der Waals surface area contributed by atoms with Crippen LogP contribution in [0.25, 0.3) is 0 Å². The van der Waals surface area contributed by atoms with Crippen LogP contribution < -0.4 is 4.90 Å². The van der Waals surface area contributed by atoms with E-state index >= 15 is 0 Å². The summed E-state index contributed by atoms with van der Waals surface area (Å²) in [6, 6.07) is 0. The van der Waals surface area contributed by atoms with Crippen molar-refractivity contribution in [1.29, 1.82) is 0 Å². The summed E-state index contributed by atoms with van der Waals surface area (Å²) in [7, 11) is 1.90. The Morgan fingerprint density at radius 1 is 1.33 bits per heavy atom. The van der Waals surface area contributed by atoms with Gasteiger partial charge in [0.2, 0.25) is 0 Å². The summed E-state index contributed by atoms with van der Waals surface area (Å²) in [4.78, 5) is 1.91. The van der Waals surface area contributed by atoms with E-state index in [4.69, 9.17) is 11.6 Å². The van der Waals surface area contributed by atoms with E-state index < -0.39 is 0 Å². The average molecular weight is 262 g/mol. The third kappa shape index (κ3) is 2.42. The van der Waals surface area contributed by atoms with Gasteiger partial charge >= 0.3 is 0 Å². The second kappa shape index (κ2) is 4.38. The van der Waals surface area contributed by atoms with Gasteiger partial charge in [-0.25, -0.2) is 0 Å². The Labute approximate surface area is 100 Å². The van der Waals surface area contributed by atoms with E-state index in [2.05, 4.69) is 18.9 Å². The first-order valence-corrected chi connectivity index (χ1v) is 6.07. The maximum absolute atomic E-state index is 5.87. The van der Waals surface area contributed by atoms with E-state index in [1.807, 2.05) is 18.9 Å². The van der Waals surface area contributed by atoms with Crippen molar-refractivity contribution < 1.29 is 0 Å². The SMILES string of the molecule is Cc1nnc(CN(C)c2nsnc2Cl)s1. The van der Waals surface area contributed by atoms with Crippen LogP contribution in [0.4, 0.5) is 5.82 Å². The topological polar surface area (TPSA) is 54.8 Å². The summed E-state index contributed by atoms with van der Waals surface area (Å²) in [5.41, 5.74) is 0. The lowest BCUT2D eigenvalue weighted by Crippen LogP contribution is -2.16. The number of hydrogen-bond donors (Lipinski definition) is 0. The molecule has 0 radical (unpaired) electrons. The highest BCUT2D eigenvalue weighted by molar-refractivity contribution is 7.11. The highest BCUT2D eigenvalue weighted by Gasteiger charge is 2.12. The smallest absolute Gasteiger partial charge is 0.187 e. The molecule has 80 valence electrons. The van der Waals surface area contributed by atoms with Crippen LogP contribution in [0.2, 0.25) is 5.15 Å². The Bertz CT molecular complexity index is 454. The number of aromatic nitrogens is 4. The van der Waals surface area contributed by atoms with Crippen molar-refractivity contribution in [1.82, 2.24) is 18.9 Å². The van der Waals surface area contributed by atoms with Gasteiger partial charge in [-0.05, 0) is 6.92 Å². The van der Waals surface area contributed by atoms with Gasteiger partial charge in [0.15, 0.2) is 11.0 Å². The standard InChI is InChI=1S/C7H8ClN5S2/c1-4-9-10-5(14-4)3-13(2)7-6(8)11-15-12-7/h3H2,1-2H3. The quantitative estimate of drug-likeness (QED) is 0.846. The summed E-state index contributed by atoms with van der Waals surface area (Å²) in [6.07, 6.45) is 0. The third-order valence-electron chi connectivity index (χ3n) is 1.73. The van der Waals surface area contributed by atoms with Crippen LogP contribution in [0.5, 0.6) is 0 Å². The minimum Gasteiger partial charge on any atom is -0.349 e. The molecule has 0 bridgehead atoms. The zero-order valence-corrected chi connectivity index (χ0v) is 10.5. The van der Waals surface area contributed by atoms with Crippen molar-refractivity contribution in [2.75, 3.05) is 11.9 Å². The maximum atomic E-state index is 5.87. The van der Waals surface area contributed by atoms with Crippen molar-refractivity contribution in [3.05, 3.63) is 15.2 Å². The average Bonchev–Trinajstić information content (AvgIpc) is 2.75. The molecular formula is C7H8ClN5S2. The van der Waals surface area contributed by atoms with Gasteiger partial charge in [-0.1, -0.05) is 22.9 Å². The lowest BCUT2D eigenvalue weighted by atomic mass is 10.5. The van der Waals surface area contributed by atoms with E-state index in [1.54, 1.807) is 11.3 Å². The van der Waals surface area contributed by atoms with Crippen LogP contribution in [-0.4, -0.2) is 26.0 Å². The normalized spacial score (nSPS) is 10.6. The van der Waals surface area contributed by atoms with Gasteiger partial charge in [-0.2, -0.15) is 8.75 Å². The molecule has 2 aromatic rings. The van der Waals surface area contributed by atoms with Crippen LogP contribution in [0, 0.1) is 6.92 Å². The van der Waals surface area contributed by atoms with Crippen molar-refractivity contribution in [2.45, 2.75) is 13.5 Å². The highest BCUT2D eigenvalue weighted by Crippen LogP contribution is 2.23. The van der Waals surface area contributed by atoms with Crippen molar-refractivity contribution in [3.8, 4) is 0 Å². The molecule has 2 rings (SSSR count). The molecule has 0 unspecified atom stereocenters. The van der Waals surface area contributed by atoms with Crippen LogP contribution in [0.3, 0.4) is 0 Å². The van der Waals surface area contributed by atoms with Gasteiger partial charge in [0, 0.05) is 7.05 Å². The largest absolute Gasteiger partial charge is 0.349 e. The van der Waals surface area contributed by atoms with Gasteiger partial charge in [-0.15, -0.1) is 10.2 Å². The van der Waals surface area contributed by atoms with Crippen molar-refractivity contribution in [3.63, 3.8) is 0 Å². The number of hydrogen-bond acceptors (Lipinski definition) is 7. The molecule has 0 aliphatic rings. The summed E-state index contributed by atoms with van der Waals surface area (Å²) in [5, 5.41) is 10.3. The summed E-state index contributed by atoms with van der Waals surface area (Å²) >= 11 is 8.54. The second-order valence-electron chi connectivity index (χ2n) is 2.95. The van der Waals surface area contributed by atoms with Crippen LogP contribution in [-0.2, 0) is 6.54 Å². The molecule has 0 aromatic carbocycles. The molecule has 5 nitrogen and oxygen atoms in total. The fourth-order valence-corrected chi connectivity index (χ4v) is 2.67. The lowest BCUT2D eigenvalue weighted by molar-refractivity contribution is 0.866. The highest BCUT2D eigenvalue weighted by atomic mass is 35.5. The molecule has 0 atom stereocenters. The van der Waals surface area contributed by atoms with Gasteiger partial charge in [-0.3, -0.25) is 0 Å². The first-order valence-electron chi connectivity index (χ1n) is 4.15. The van der Waals surface area contributed by atoms with Crippen molar-refractivity contribution >= 4 is 40.5 Å². The fraction of sp³-hybridized carbons (Fsp3) is 0.429. The molecule has 2 aromatic heterocycles. The number of rotatable bonds is 3. The van der Waals surface area contributed by atoms with Gasteiger partial charge in [0.25, 0.3) is 0 Å². The molecule has 0 N–H and O–H groups in total. The molecule has 0 saturated carbocycles. The Hall–Kier alpha value is -0.790. The Morgan fingerprint density at radius 3 is 2.67 bits per heavy atom. The molecule has 0 aliphatic heterocycles. The molecular weight excluding hydrogens is 254 g/mol. The molecule has 2 heterocycles. The first kappa shape index (κ1) is 10.7. The van der Waals surface area contributed by atoms with Gasteiger partial charge in [0.1, 0.15) is 10.0 Å². The molecule has 0 spiro atoms. The Kier molecular flexibility index (Phi) is 3.13. The number of anilines is 1. The number of aryl methyl sites for hydroxylation is 1. The van der Waals surface area contributed by atoms with Crippen molar-refractivity contribution in [2.24, 2.45) is 0 Å². The summed E-state index contributed by atoms with van der Waals surface area (Å²) in [5.74, 6) is 0.689. The predicted molar refractivity (Wildman–Crippen MR) is 61.7 cm³/mol. The monoisotopic (exact) mass is 261 g/mol. The van der Waals surface area contributed by atoms with E-state index in [0.29, 0.717) is 17.5 Å². The predicted octanol–water partition coefficient (Wildman–Crippen LogP) is 1.99. The minimum absolute atomic E-state index is 0.434. The Balaban J connectivity index is 2.10. The maximum Gasteiger partial charge on any atom is 0.187 e. The summed E-state index contributed by atoms with van der Waals surface area (Å²) in [6.45, 7) is 2.58. The summed E-state index contributed by atoms with van der Waals surface area (Å²) < 4.78 is 8.01. The minimum atomic E-state index is 0.434. The van der Waals surface area contributed by atoms with Crippen LogP contribution in [0.15, 0.2) is 0 Å². The molecule has 8 heteroatoms.